The smallest absolute Gasteiger partial charge is 0.278 e. The van der Waals surface area contributed by atoms with Crippen LogP contribution in [0.25, 0.3) is 5.69 Å². The van der Waals surface area contributed by atoms with Crippen LogP contribution in [0.15, 0.2) is 59.1 Å². The minimum atomic E-state index is -0.280. The average molecular weight is 357 g/mol. The second-order valence-electron chi connectivity index (χ2n) is 4.72. The molecule has 0 atom stereocenters. The molecule has 0 unspecified atom stereocenters. The SMILES string of the molecule is Cc1nn(-c2ccccc2)nc1C(=O)Nc1cccc(Br)c1. The Morgan fingerprint density at radius 1 is 1.09 bits per heavy atom. The number of aryl methyl sites for hydroxylation is 1. The minimum absolute atomic E-state index is 0.280. The van der Waals surface area contributed by atoms with Crippen LogP contribution in [0, 0.1) is 6.92 Å². The summed E-state index contributed by atoms with van der Waals surface area (Å²) >= 11 is 3.37. The van der Waals surface area contributed by atoms with E-state index in [0.29, 0.717) is 17.1 Å². The summed E-state index contributed by atoms with van der Waals surface area (Å²) in [7, 11) is 0. The van der Waals surface area contributed by atoms with Crippen LogP contribution in [0.1, 0.15) is 16.2 Å². The Bertz CT molecular complexity index is 814. The molecule has 0 radical (unpaired) electrons. The third-order valence-electron chi connectivity index (χ3n) is 3.07. The van der Waals surface area contributed by atoms with E-state index in [2.05, 4.69) is 31.4 Å². The van der Waals surface area contributed by atoms with Gasteiger partial charge in [-0.2, -0.15) is 9.90 Å². The third kappa shape index (κ3) is 3.07. The molecule has 1 heterocycles. The highest BCUT2D eigenvalue weighted by Gasteiger charge is 2.16. The molecular formula is C16H13BrN4O. The van der Waals surface area contributed by atoms with Crippen molar-refractivity contribution in [3.8, 4) is 5.69 Å². The lowest BCUT2D eigenvalue weighted by atomic mass is 10.3. The molecule has 0 aliphatic heterocycles. The van der Waals surface area contributed by atoms with Gasteiger partial charge in [0.2, 0.25) is 0 Å². The Morgan fingerprint density at radius 2 is 1.86 bits per heavy atom. The van der Waals surface area contributed by atoms with Gasteiger partial charge in [0.15, 0.2) is 5.69 Å². The number of amides is 1. The molecule has 0 saturated heterocycles. The standard InChI is InChI=1S/C16H13BrN4O/c1-11-15(16(22)18-13-7-5-6-12(17)10-13)20-21(19-11)14-8-3-2-4-9-14/h2-10H,1H3,(H,18,22). The van der Waals surface area contributed by atoms with Crippen LogP contribution < -0.4 is 5.32 Å². The Hall–Kier alpha value is -2.47. The zero-order valence-corrected chi connectivity index (χ0v) is 13.4. The van der Waals surface area contributed by atoms with Gasteiger partial charge in [-0.1, -0.05) is 40.2 Å². The normalized spacial score (nSPS) is 10.5. The molecule has 0 aliphatic rings. The van der Waals surface area contributed by atoms with Crippen molar-refractivity contribution in [2.24, 2.45) is 0 Å². The number of anilines is 1. The van der Waals surface area contributed by atoms with E-state index in [9.17, 15) is 4.79 Å². The molecule has 5 nitrogen and oxygen atoms in total. The first-order chi connectivity index (χ1) is 10.6. The lowest BCUT2D eigenvalue weighted by Gasteiger charge is -2.03. The monoisotopic (exact) mass is 356 g/mol. The van der Waals surface area contributed by atoms with Crippen LogP contribution in [0.2, 0.25) is 0 Å². The minimum Gasteiger partial charge on any atom is -0.320 e. The summed E-state index contributed by atoms with van der Waals surface area (Å²) < 4.78 is 0.898. The molecule has 0 saturated carbocycles. The summed E-state index contributed by atoms with van der Waals surface area (Å²) in [6.07, 6.45) is 0. The first-order valence-electron chi connectivity index (χ1n) is 6.70. The second-order valence-corrected chi connectivity index (χ2v) is 5.64. The maximum absolute atomic E-state index is 12.3. The number of carbonyl (C=O) groups is 1. The number of hydrogen-bond acceptors (Lipinski definition) is 3. The fourth-order valence-electron chi connectivity index (χ4n) is 2.02. The van der Waals surface area contributed by atoms with Crippen molar-refractivity contribution in [2.75, 3.05) is 5.32 Å². The number of carbonyl (C=O) groups excluding carboxylic acids is 1. The van der Waals surface area contributed by atoms with Crippen molar-refractivity contribution in [1.82, 2.24) is 15.0 Å². The molecule has 0 aliphatic carbocycles. The Morgan fingerprint density at radius 3 is 2.59 bits per heavy atom. The number of aromatic nitrogens is 3. The van der Waals surface area contributed by atoms with Crippen molar-refractivity contribution < 1.29 is 4.79 Å². The van der Waals surface area contributed by atoms with E-state index in [-0.39, 0.29) is 5.91 Å². The molecule has 1 aromatic heterocycles. The molecule has 6 heteroatoms. The van der Waals surface area contributed by atoms with Crippen molar-refractivity contribution >= 4 is 27.5 Å². The van der Waals surface area contributed by atoms with E-state index in [4.69, 9.17) is 0 Å². The quantitative estimate of drug-likeness (QED) is 0.779. The third-order valence-corrected chi connectivity index (χ3v) is 3.56. The van der Waals surface area contributed by atoms with Gasteiger partial charge in [-0.25, -0.2) is 0 Å². The van der Waals surface area contributed by atoms with Crippen LogP contribution >= 0.6 is 15.9 Å². The number of hydrogen-bond donors (Lipinski definition) is 1. The zero-order chi connectivity index (χ0) is 15.5. The zero-order valence-electron chi connectivity index (χ0n) is 11.8. The first kappa shape index (κ1) is 14.5. The number of rotatable bonds is 3. The van der Waals surface area contributed by atoms with Crippen molar-refractivity contribution in [1.29, 1.82) is 0 Å². The van der Waals surface area contributed by atoms with Crippen molar-refractivity contribution in [3.05, 3.63) is 70.5 Å². The van der Waals surface area contributed by atoms with Crippen LogP contribution in [0.5, 0.6) is 0 Å². The van der Waals surface area contributed by atoms with E-state index in [1.165, 1.54) is 4.80 Å². The number of nitrogens with zero attached hydrogens (tertiary/aromatic N) is 3. The van der Waals surface area contributed by atoms with Gasteiger partial charge in [-0.15, -0.1) is 5.10 Å². The molecule has 22 heavy (non-hydrogen) atoms. The molecule has 3 aromatic rings. The fraction of sp³-hybridized carbons (Fsp3) is 0.0625. The van der Waals surface area contributed by atoms with Crippen LogP contribution in [0.3, 0.4) is 0 Å². The summed E-state index contributed by atoms with van der Waals surface area (Å²) in [5, 5.41) is 11.4. The highest BCUT2D eigenvalue weighted by molar-refractivity contribution is 9.10. The first-order valence-corrected chi connectivity index (χ1v) is 7.49. The van der Waals surface area contributed by atoms with Gasteiger partial charge < -0.3 is 5.32 Å². The van der Waals surface area contributed by atoms with E-state index in [1.54, 1.807) is 6.92 Å². The van der Waals surface area contributed by atoms with Crippen LogP contribution in [-0.4, -0.2) is 20.9 Å². The summed E-state index contributed by atoms with van der Waals surface area (Å²) in [5.74, 6) is -0.280. The van der Waals surface area contributed by atoms with E-state index in [0.717, 1.165) is 10.2 Å². The number of para-hydroxylation sites is 1. The van der Waals surface area contributed by atoms with Gasteiger partial charge in [-0.05, 0) is 37.3 Å². The lowest BCUT2D eigenvalue weighted by molar-refractivity contribution is 0.102. The molecule has 0 bridgehead atoms. The molecule has 1 amide bonds. The lowest BCUT2D eigenvalue weighted by Crippen LogP contribution is -2.14. The number of benzene rings is 2. The summed E-state index contributed by atoms with van der Waals surface area (Å²) in [4.78, 5) is 13.8. The molecule has 3 rings (SSSR count). The summed E-state index contributed by atoms with van der Waals surface area (Å²) in [5.41, 5.74) is 2.40. The van der Waals surface area contributed by atoms with Gasteiger partial charge >= 0.3 is 0 Å². The van der Waals surface area contributed by atoms with Gasteiger partial charge in [0.1, 0.15) is 0 Å². The summed E-state index contributed by atoms with van der Waals surface area (Å²) in [6.45, 7) is 1.77. The number of halogens is 1. The maximum Gasteiger partial charge on any atom is 0.278 e. The van der Waals surface area contributed by atoms with Crippen LogP contribution in [0.4, 0.5) is 5.69 Å². The van der Waals surface area contributed by atoms with Crippen molar-refractivity contribution in [3.63, 3.8) is 0 Å². The van der Waals surface area contributed by atoms with Crippen molar-refractivity contribution in [2.45, 2.75) is 6.92 Å². The highest BCUT2D eigenvalue weighted by Crippen LogP contribution is 2.17. The predicted octanol–water partition coefficient (Wildman–Crippen LogP) is 3.59. The van der Waals surface area contributed by atoms with Gasteiger partial charge in [0.05, 0.1) is 11.4 Å². The van der Waals surface area contributed by atoms with E-state index >= 15 is 0 Å². The Kier molecular flexibility index (Phi) is 4.02. The topological polar surface area (TPSA) is 59.8 Å². The molecule has 2 aromatic carbocycles. The van der Waals surface area contributed by atoms with Gasteiger partial charge in [0, 0.05) is 10.2 Å². The van der Waals surface area contributed by atoms with Gasteiger partial charge in [0.25, 0.3) is 5.91 Å². The predicted molar refractivity (Wildman–Crippen MR) is 88.2 cm³/mol. The van der Waals surface area contributed by atoms with E-state index < -0.39 is 0 Å². The largest absolute Gasteiger partial charge is 0.320 e. The maximum atomic E-state index is 12.3. The summed E-state index contributed by atoms with van der Waals surface area (Å²) in [6, 6.07) is 16.9. The molecule has 1 N–H and O–H groups in total. The Balaban J connectivity index is 1.86. The second kappa shape index (κ2) is 6.11. The average Bonchev–Trinajstić information content (AvgIpc) is 2.90. The Labute approximate surface area is 136 Å². The van der Waals surface area contributed by atoms with Crippen LogP contribution in [-0.2, 0) is 0 Å². The molecule has 0 fully saturated rings. The molecule has 110 valence electrons. The highest BCUT2D eigenvalue weighted by atomic mass is 79.9. The fourth-order valence-corrected chi connectivity index (χ4v) is 2.42. The number of nitrogens with one attached hydrogen (secondary N) is 1. The molecule has 0 spiro atoms. The van der Waals surface area contributed by atoms with E-state index in [1.807, 2.05) is 54.6 Å². The molecular weight excluding hydrogens is 344 g/mol. The van der Waals surface area contributed by atoms with Gasteiger partial charge in [-0.3, -0.25) is 4.79 Å².